The molecule has 0 fully saturated rings. The van der Waals surface area contributed by atoms with E-state index < -0.39 is 10.8 Å². The number of nitrogens with zero attached hydrogens (tertiary/aromatic N) is 5. The van der Waals surface area contributed by atoms with Crippen LogP contribution in [-0.2, 0) is 30.2 Å². The van der Waals surface area contributed by atoms with Crippen molar-refractivity contribution in [2.45, 2.75) is 51.5 Å². The molecule has 0 saturated carbocycles. The summed E-state index contributed by atoms with van der Waals surface area (Å²) in [5.74, 6) is 1.88. The Labute approximate surface area is 189 Å². The normalized spacial score (nSPS) is 13.7. The number of fused-ring (bicyclic) bond motifs is 3. The van der Waals surface area contributed by atoms with E-state index in [4.69, 9.17) is 4.99 Å². The quantitative estimate of drug-likeness (QED) is 0.396. The predicted molar refractivity (Wildman–Crippen MR) is 124 cm³/mol. The highest BCUT2D eigenvalue weighted by Gasteiger charge is 2.28. The minimum absolute atomic E-state index is 0.0695. The van der Waals surface area contributed by atoms with Gasteiger partial charge in [-0.2, -0.15) is 0 Å². The van der Waals surface area contributed by atoms with E-state index in [0.717, 1.165) is 23.4 Å². The molecular weight excluding hydrogens is 426 g/mol. The highest BCUT2D eigenvalue weighted by molar-refractivity contribution is 7.85. The van der Waals surface area contributed by atoms with Crippen molar-refractivity contribution in [1.29, 1.82) is 0 Å². The van der Waals surface area contributed by atoms with Crippen LogP contribution in [0.15, 0.2) is 46.3 Å². The fourth-order valence-electron chi connectivity index (χ4n) is 4.05. The topological polar surface area (TPSA) is 103 Å². The van der Waals surface area contributed by atoms with Crippen molar-refractivity contribution in [2.75, 3.05) is 5.75 Å². The molecule has 1 aromatic heterocycles. The van der Waals surface area contributed by atoms with E-state index in [2.05, 4.69) is 17.1 Å². The van der Waals surface area contributed by atoms with Crippen LogP contribution < -0.4 is 0 Å². The lowest BCUT2D eigenvalue weighted by Crippen LogP contribution is -2.13. The van der Waals surface area contributed by atoms with Crippen molar-refractivity contribution in [3.8, 4) is 5.69 Å². The standard InChI is InChI=1S/C23H25N5O3S/c1-4-9-21-25-26-22-14-24-23(16-10-7-8-11-20(16)32(31)6-3)17-12-15(5-2)18(28(29)30)13-19(17)27(21)22/h7-8,10-13H,4-6,9,14H2,1-3H3. The second kappa shape index (κ2) is 9.12. The summed E-state index contributed by atoms with van der Waals surface area (Å²) in [6.07, 6.45) is 2.08. The van der Waals surface area contributed by atoms with E-state index >= 15 is 0 Å². The van der Waals surface area contributed by atoms with Crippen LogP contribution in [0, 0.1) is 10.1 Å². The molecule has 0 spiro atoms. The predicted octanol–water partition coefficient (Wildman–Crippen LogP) is 4.17. The van der Waals surface area contributed by atoms with Crippen LogP contribution in [-0.4, -0.2) is 35.4 Å². The summed E-state index contributed by atoms with van der Waals surface area (Å²) in [5.41, 5.74) is 3.56. The maximum absolute atomic E-state index is 12.8. The summed E-state index contributed by atoms with van der Waals surface area (Å²) in [6.45, 7) is 6.12. The van der Waals surface area contributed by atoms with Gasteiger partial charge in [-0.3, -0.25) is 23.9 Å². The third-order valence-electron chi connectivity index (χ3n) is 5.57. The van der Waals surface area contributed by atoms with Crippen LogP contribution in [0.5, 0.6) is 0 Å². The lowest BCUT2D eigenvalue weighted by Gasteiger charge is -2.16. The molecular formula is C23H25N5O3S. The molecule has 3 aromatic rings. The molecule has 0 N–H and O–H groups in total. The summed E-state index contributed by atoms with van der Waals surface area (Å²) < 4.78 is 14.7. The molecule has 0 amide bonds. The summed E-state index contributed by atoms with van der Waals surface area (Å²) >= 11 is 0. The zero-order valence-electron chi connectivity index (χ0n) is 18.4. The molecule has 0 saturated heterocycles. The van der Waals surface area contributed by atoms with Gasteiger partial charge in [0.05, 0.1) is 27.1 Å². The zero-order valence-corrected chi connectivity index (χ0v) is 19.2. The number of rotatable bonds is 7. The van der Waals surface area contributed by atoms with E-state index in [9.17, 15) is 14.3 Å². The Morgan fingerprint density at radius 1 is 1.12 bits per heavy atom. The molecule has 1 aliphatic rings. The zero-order chi connectivity index (χ0) is 22.8. The third-order valence-corrected chi connectivity index (χ3v) is 6.94. The SMILES string of the molecule is CCCc1nnc2n1-c1cc([N+](=O)[O-])c(CC)cc1C(c1ccccc1S(=O)CC)=NC2. The lowest BCUT2D eigenvalue weighted by molar-refractivity contribution is -0.385. The Morgan fingerprint density at radius 3 is 2.59 bits per heavy atom. The fourth-order valence-corrected chi connectivity index (χ4v) is 5.00. The van der Waals surface area contributed by atoms with E-state index in [1.165, 1.54) is 0 Å². The van der Waals surface area contributed by atoms with Gasteiger partial charge in [0.25, 0.3) is 5.69 Å². The van der Waals surface area contributed by atoms with Crippen LogP contribution in [0.3, 0.4) is 0 Å². The van der Waals surface area contributed by atoms with Crippen LogP contribution in [0.1, 0.15) is 55.5 Å². The fraction of sp³-hybridized carbons (Fsp3) is 0.348. The van der Waals surface area contributed by atoms with E-state index in [0.29, 0.717) is 46.3 Å². The van der Waals surface area contributed by atoms with Crippen LogP contribution in [0.25, 0.3) is 5.69 Å². The van der Waals surface area contributed by atoms with Crippen molar-refractivity contribution in [2.24, 2.45) is 4.99 Å². The smallest absolute Gasteiger partial charge is 0.274 e. The maximum Gasteiger partial charge on any atom is 0.274 e. The molecule has 0 bridgehead atoms. The maximum atomic E-state index is 12.8. The second-order valence-corrected chi connectivity index (χ2v) is 9.23. The largest absolute Gasteiger partial charge is 0.280 e. The third kappa shape index (κ3) is 3.77. The first-order valence-corrected chi connectivity index (χ1v) is 12.1. The Balaban J connectivity index is 2.04. The lowest BCUT2D eigenvalue weighted by atomic mass is 9.96. The van der Waals surface area contributed by atoms with Gasteiger partial charge in [-0.1, -0.05) is 39.0 Å². The van der Waals surface area contributed by atoms with Gasteiger partial charge >= 0.3 is 0 Å². The van der Waals surface area contributed by atoms with Crippen LogP contribution in [0.2, 0.25) is 0 Å². The van der Waals surface area contributed by atoms with Gasteiger partial charge in [0, 0.05) is 39.8 Å². The average molecular weight is 452 g/mol. The number of nitro benzene ring substituents is 1. The number of hydrogen-bond donors (Lipinski definition) is 0. The van der Waals surface area contributed by atoms with Crippen molar-refractivity contribution in [1.82, 2.24) is 14.8 Å². The first-order valence-electron chi connectivity index (χ1n) is 10.8. The van der Waals surface area contributed by atoms with Gasteiger partial charge in [0.15, 0.2) is 5.82 Å². The molecule has 0 aliphatic carbocycles. The minimum atomic E-state index is -1.18. The number of aliphatic imine (C=N–C) groups is 1. The highest BCUT2D eigenvalue weighted by atomic mass is 32.2. The first-order chi connectivity index (χ1) is 15.5. The van der Waals surface area contributed by atoms with Crippen LogP contribution in [0.4, 0.5) is 5.69 Å². The van der Waals surface area contributed by atoms with E-state index in [1.807, 2.05) is 48.7 Å². The Kier molecular flexibility index (Phi) is 6.27. The number of nitro groups is 1. The van der Waals surface area contributed by atoms with Gasteiger partial charge in [-0.05, 0) is 25.0 Å². The van der Waals surface area contributed by atoms with Gasteiger partial charge in [-0.15, -0.1) is 10.2 Å². The van der Waals surface area contributed by atoms with Crippen molar-refractivity contribution < 1.29 is 9.13 Å². The Hall–Kier alpha value is -3.20. The van der Waals surface area contributed by atoms with Gasteiger partial charge in [0.1, 0.15) is 12.4 Å². The number of benzene rings is 2. The van der Waals surface area contributed by atoms with Gasteiger partial charge < -0.3 is 0 Å². The summed E-state index contributed by atoms with van der Waals surface area (Å²) in [5, 5.41) is 20.5. The molecule has 0 radical (unpaired) electrons. The van der Waals surface area contributed by atoms with Crippen molar-refractivity contribution in [3.05, 3.63) is 74.9 Å². The highest BCUT2D eigenvalue weighted by Crippen LogP contribution is 2.33. The molecule has 2 aromatic carbocycles. The van der Waals surface area contributed by atoms with Gasteiger partial charge in [0.2, 0.25) is 0 Å². The molecule has 4 rings (SSSR count). The van der Waals surface area contributed by atoms with Crippen LogP contribution >= 0.6 is 0 Å². The Bertz CT molecular complexity index is 1250. The monoisotopic (exact) mass is 451 g/mol. The first kappa shape index (κ1) is 22.0. The molecule has 2 heterocycles. The summed E-state index contributed by atoms with van der Waals surface area (Å²) in [6, 6.07) is 11.0. The molecule has 32 heavy (non-hydrogen) atoms. The van der Waals surface area contributed by atoms with E-state index in [1.54, 1.807) is 6.07 Å². The van der Waals surface area contributed by atoms with Gasteiger partial charge in [-0.25, -0.2) is 0 Å². The Morgan fingerprint density at radius 2 is 1.91 bits per heavy atom. The number of hydrogen-bond acceptors (Lipinski definition) is 6. The summed E-state index contributed by atoms with van der Waals surface area (Å²) in [7, 11) is -1.18. The second-order valence-electron chi connectivity index (χ2n) is 7.52. The molecule has 1 aliphatic heterocycles. The number of aromatic nitrogens is 3. The van der Waals surface area contributed by atoms with Crippen molar-refractivity contribution in [3.63, 3.8) is 0 Å². The molecule has 8 nitrogen and oxygen atoms in total. The average Bonchev–Trinajstić information content (AvgIpc) is 3.13. The van der Waals surface area contributed by atoms with E-state index in [-0.39, 0.29) is 17.2 Å². The molecule has 9 heteroatoms. The molecule has 1 atom stereocenters. The molecule has 1 unspecified atom stereocenters. The number of aryl methyl sites for hydroxylation is 2. The minimum Gasteiger partial charge on any atom is -0.280 e. The summed E-state index contributed by atoms with van der Waals surface area (Å²) in [4.78, 5) is 17.1. The van der Waals surface area contributed by atoms with Crippen molar-refractivity contribution >= 4 is 22.2 Å². The molecule has 166 valence electrons.